The zero-order valence-corrected chi connectivity index (χ0v) is 11.9. The second-order valence-corrected chi connectivity index (χ2v) is 5.32. The predicted molar refractivity (Wildman–Crippen MR) is 77.5 cm³/mol. The molecule has 0 bridgehead atoms. The summed E-state index contributed by atoms with van der Waals surface area (Å²) in [4.78, 5) is 27.1. The number of carbonyl (C=O) groups is 2. The molecule has 0 saturated heterocycles. The van der Waals surface area contributed by atoms with Crippen molar-refractivity contribution in [3.63, 3.8) is 0 Å². The lowest BCUT2D eigenvalue weighted by Gasteiger charge is -2.07. The Kier molecular flexibility index (Phi) is 3.23. The normalized spacial score (nSPS) is 13.1. The van der Waals surface area contributed by atoms with Crippen LogP contribution >= 0.6 is 15.9 Å². The Balaban J connectivity index is 1.78. The second-order valence-electron chi connectivity index (χ2n) is 4.41. The molecule has 0 saturated carbocycles. The molecule has 1 aromatic heterocycles. The maximum atomic E-state index is 11.6. The molecule has 2 amide bonds. The standard InChI is InChI=1S/C14H10BrN3O2/c15-9-3-8(5-16-7-9)6-17-10-1-2-11-12(4-10)14(20)18-13(11)19/h1-5,7,17H,6H2,(H,18,19,20). The van der Waals surface area contributed by atoms with Crippen LogP contribution < -0.4 is 10.6 Å². The molecule has 1 aliphatic heterocycles. The Hall–Kier alpha value is -2.21. The molecule has 0 radical (unpaired) electrons. The van der Waals surface area contributed by atoms with Gasteiger partial charge in [-0.1, -0.05) is 0 Å². The van der Waals surface area contributed by atoms with Crippen molar-refractivity contribution < 1.29 is 9.59 Å². The highest BCUT2D eigenvalue weighted by molar-refractivity contribution is 9.10. The first kappa shape index (κ1) is 12.8. The number of carbonyl (C=O) groups excluding carboxylic acids is 2. The Morgan fingerprint density at radius 3 is 2.70 bits per heavy atom. The van der Waals surface area contributed by atoms with Crippen LogP contribution in [0.4, 0.5) is 5.69 Å². The van der Waals surface area contributed by atoms with Gasteiger partial charge in [-0.25, -0.2) is 0 Å². The van der Waals surface area contributed by atoms with Crippen molar-refractivity contribution >= 4 is 33.4 Å². The first-order valence-corrected chi connectivity index (χ1v) is 6.76. The number of aromatic nitrogens is 1. The average Bonchev–Trinajstić information content (AvgIpc) is 2.72. The van der Waals surface area contributed by atoms with E-state index in [-0.39, 0.29) is 11.8 Å². The van der Waals surface area contributed by atoms with E-state index < -0.39 is 0 Å². The molecule has 0 fully saturated rings. The molecular formula is C14H10BrN3O2. The van der Waals surface area contributed by atoms with Crippen LogP contribution in [0.2, 0.25) is 0 Å². The molecule has 0 unspecified atom stereocenters. The van der Waals surface area contributed by atoms with Crippen LogP contribution in [0, 0.1) is 0 Å². The number of benzene rings is 1. The number of nitrogens with one attached hydrogen (secondary N) is 2. The first-order valence-electron chi connectivity index (χ1n) is 5.96. The molecule has 20 heavy (non-hydrogen) atoms. The van der Waals surface area contributed by atoms with Crippen molar-refractivity contribution in [1.82, 2.24) is 10.3 Å². The fourth-order valence-corrected chi connectivity index (χ4v) is 2.45. The van der Waals surface area contributed by atoms with E-state index in [4.69, 9.17) is 0 Å². The molecule has 100 valence electrons. The molecular weight excluding hydrogens is 322 g/mol. The first-order chi connectivity index (χ1) is 9.63. The third kappa shape index (κ3) is 2.42. The van der Waals surface area contributed by atoms with Crippen molar-refractivity contribution in [3.8, 4) is 0 Å². The Morgan fingerprint density at radius 2 is 1.90 bits per heavy atom. The number of hydrogen-bond donors (Lipinski definition) is 2. The van der Waals surface area contributed by atoms with Crippen molar-refractivity contribution in [1.29, 1.82) is 0 Å². The molecule has 6 heteroatoms. The van der Waals surface area contributed by atoms with Crippen LogP contribution in [0.25, 0.3) is 0 Å². The van der Waals surface area contributed by atoms with E-state index in [1.807, 2.05) is 6.07 Å². The van der Waals surface area contributed by atoms with Gasteiger partial charge < -0.3 is 5.32 Å². The number of amides is 2. The fourth-order valence-electron chi connectivity index (χ4n) is 2.03. The molecule has 2 N–H and O–H groups in total. The van der Waals surface area contributed by atoms with Crippen molar-refractivity contribution in [2.45, 2.75) is 6.54 Å². The van der Waals surface area contributed by atoms with Crippen molar-refractivity contribution in [3.05, 3.63) is 57.8 Å². The topological polar surface area (TPSA) is 71.1 Å². The monoisotopic (exact) mass is 331 g/mol. The number of anilines is 1. The Bertz CT molecular complexity index is 715. The largest absolute Gasteiger partial charge is 0.381 e. The maximum absolute atomic E-state index is 11.6. The van der Waals surface area contributed by atoms with Gasteiger partial charge in [0.1, 0.15) is 0 Å². The molecule has 0 spiro atoms. The minimum atomic E-state index is -0.349. The van der Waals surface area contributed by atoms with E-state index >= 15 is 0 Å². The van der Waals surface area contributed by atoms with E-state index in [1.165, 1.54) is 0 Å². The summed E-state index contributed by atoms with van der Waals surface area (Å²) in [5.41, 5.74) is 2.63. The van der Waals surface area contributed by atoms with Gasteiger partial charge in [0.05, 0.1) is 11.1 Å². The number of pyridine rings is 1. The summed E-state index contributed by atoms with van der Waals surface area (Å²) in [5, 5.41) is 5.47. The van der Waals surface area contributed by atoms with Gasteiger partial charge in [0.2, 0.25) is 0 Å². The van der Waals surface area contributed by atoms with Crippen LogP contribution in [0.15, 0.2) is 41.1 Å². The number of rotatable bonds is 3. The van der Waals surface area contributed by atoms with Crippen LogP contribution in [-0.4, -0.2) is 16.8 Å². The van der Waals surface area contributed by atoms with Crippen LogP contribution in [-0.2, 0) is 6.54 Å². The van der Waals surface area contributed by atoms with E-state index in [9.17, 15) is 9.59 Å². The predicted octanol–water partition coefficient (Wildman–Crippen LogP) is 2.34. The zero-order chi connectivity index (χ0) is 14.1. The van der Waals surface area contributed by atoms with Gasteiger partial charge in [0.25, 0.3) is 11.8 Å². The number of halogens is 1. The highest BCUT2D eigenvalue weighted by Gasteiger charge is 2.26. The van der Waals surface area contributed by atoms with Crippen LogP contribution in [0.5, 0.6) is 0 Å². The molecule has 1 aliphatic rings. The Labute approximate surface area is 123 Å². The maximum Gasteiger partial charge on any atom is 0.259 e. The van der Waals surface area contributed by atoms with Crippen molar-refractivity contribution in [2.75, 3.05) is 5.32 Å². The molecule has 0 aliphatic carbocycles. The summed E-state index contributed by atoms with van der Waals surface area (Å²) >= 11 is 3.36. The Morgan fingerprint density at radius 1 is 1.10 bits per heavy atom. The van der Waals surface area contributed by atoms with Gasteiger partial charge in [0.15, 0.2) is 0 Å². The minimum Gasteiger partial charge on any atom is -0.381 e. The lowest BCUT2D eigenvalue weighted by molar-refractivity contribution is 0.0879. The quantitative estimate of drug-likeness (QED) is 0.847. The molecule has 5 nitrogen and oxygen atoms in total. The molecule has 2 aromatic rings. The average molecular weight is 332 g/mol. The van der Waals surface area contributed by atoms with Gasteiger partial charge in [0, 0.05) is 29.1 Å². The smallest absolute Gasteiger partial charge is 0.259 e. The summed E-state index contributed by atoms with van der Waals surface area (Å²) in [6.07, 6.45) is 3.48. The van der Waals surface area contributed by atoms with Gasteiger partial charge in [-0.3, -0.25) is 19.9 Å². The lowest BCUT2D eigenvalue weighted by Crippen LogP contribution is -2.19. The minimum absolute atomic E-state index is 0.340. The molecule has 0 atom stereocenters. The SMILES string of the molecule is O=C1NC(=O)c2cc(NCc3cncc(Br)c3)ccc21. The summed E-state index contributed by atoms with van der Waals surface area (Å²) in [6, 6.07) is 7.07. The summed E-state index contributed by atoms with van der Waals surface area (Å²) in [7, 11) is 0. The van der Waals surface area contributed by atoms with E-state index in [0.717, 1.165) is 15.7 Å². The third-order valence-electron chi connectivity index (χ3n) is 2.99. The number of hydrogen-bond acceptors (Lipinski definition) is 4. The van der Waals surface area contributed by atoms with Crippen molar-refractivity contribution in [2.24, 2.45) is 0 Å². The number of nitrogens with zero attached hydrogens (tertiary/aromatic N) is 1. The van der Waals surface area contributed by atoms with Gasteiger partial charge in [-0.2, -0.15) is 0 Å². The number of imide groups is 1. The second kappa shape index (κ2) is 5.05. The number of fused-ring (bicyclic) bond motifs is 1. The third-order valence-corrected chi connectivity index (χ3v) is 3.43. The van der Waals surface area contributed by atoms with E-state index in [1.54, 1.807) is 30.6 Å². The summed E-state index contributed by atoms with van der Waals surface area (Å²) in [6.45, 7) is 0.584. The van der Waals surface area contributed by atoms with E-state index in [2.05, 4.69) is 31.5 Å². The highest BCUT2D eigenvalue weighted by Crippen LogP contribution is 2.21. The lowest BCUT2D eigenvalue weighted by atomic mass is 10.1. The van der Waals surface area contributed by atoms with Gasteiger partial charge in [-0.05, 0) is 45.8 Å². The van der Waals surface area contributed by atoms with E-state index in [0.29, 0.717) is 17.7 Å². The van der Waals surface area contributed by atoms with Gasteiger partial charge >= 0.3 is 0 Å². The summed E-state index contributed by atoms with van der Waals surface area (Å²) in [5.74, 6) is -0.689. The summed E-state index contributed by atoms with van der Waals surface area (Å²) < 4.78 is 0.913. The van der Waals surface area contributed by atoms with Crippen LogP contribution in [0.1, 0.15) is 26.3 Å². The molecule has 3 rings (SSSR count). The fraction of sp³-hybridized carbons (Fsp3) is 0.0714. The highest BCUT2D eigenvalue weighted by atomic mass is 79.9. The van der Waals surface area contributed by atoms with Gasteiger partial charge in [-0.15, -0.1) is 0 Å². The molecule has 2 heterocycles. The van der Waals surface area contributed by atoms with Crippen LogP contribution in [0.3, 0.4) is 0 Å². The molecule has 1 aromatic carbocycles. The zero-order valence-electron chi connectivity index (χ0n) is 10.3.